The number of likely N-dealkylation sites (tertiary alicyclic amines) is 1. The summed E-state index contributed by atoms with van der Waals surface area (Å²) in [5, 5.41) is -0.567. The molecule has 2 aromatic rings. The van der Waals surface area contributed by atoms with Crippen LogP contribution in [0.25, 0.3) is 0 Å². The Bertz CT molecular complexity index is 915. The van der Waals surface area contributed by atoms with E-state index in [0.29, 0.717) is 31.5 Å². The second-order valence-corrected chi connectivity index (χ2v) is 8.89. The number of piperidine rings is 1. The number of benzene rings is 1. The Kier molecular flexibility index (Phi) is 4.40. The fourth-order valence-corrected chi connectivity index (χ4v) is 5.78. The van der Waals surface area contributed by atoms with E-state index in [1.54, 1.807) is 23.2 Å². The van der Waals surface area contributed by atoms with Gasteiger partial charge in [0.1, 0.15) is 0 Å². The first kappa shape index (κ1) is 17.0. The number of aromatic nitrogens is 1. The van der Waals surface area contributed by atoms with Crippen LogP contribution in [0.3, 0.4) is 0 Å². The summed E-state index contributed by atoms with van der Waals surface area (Å²) in [5.41, 5.74) is 2.34. The molecule has 3 heterocycles. The fraction of sp³-hybridized carbons (Fsp3) is 0.368. The van der Waals surface area contributed by atoms with E-state index in [0.717, 1.165) is 17.7 Å². The zero-order chi connectivity index (χ0) is 18.1. The zero-order valence-corrected chi connectivity index (χ0v) is 15.2. The SMILES string of the molecule is O=C(c1cccnc1)N1CCCC(S(=O)(=O)N2CCc3ccccc32)C1. The molecular formula is C19H21N3O3S. The second kappa shape index (κ2) is 6.72. The van der Waals surface area contributed by atoms with Gasteiger partial charge in [-0.05, 0) is 43.0 Å². The number of carbonyl (C=O) groups excluding carboxylic acids is 1. The summed E-state index contributed by atoms with van der Waals surface area (Å²) in [6, 6.07) is 11.1. The Hall–Kier alpha value is -2.41. The molecule has 1 aromatic heterocycles. The molecule has 1 saturated heterocycles. The van der Waals surface area contributed by atoms with Crippen LogP contribution in [0.4, 0.5) is 5.69 Å². The van der Waals surface area contributed by atoms with Gasteiger partial charge in [0.25, 0.3) is 5.91 Å². The number of nitrogens with zero attached hydrogens (tertiary/aromatic N) is 3. The molecule has 26 heavy (non-hydrogen) atoms. The average molecular weight is 371 g/mol. The fourth-order valence-electron chi connectivity index (χ4n) is 3.79. The Balaban J connectivity index is 1.55. The van der Waals surface area contributed by atoms with Gasteiger partial charge in [0.15, 0.2) is 0 Å². The number of carbonyl (C=O) groups is 1. The molecule has 0 spiro atoms. The summed E-state index contributed by atoms with van der Waals surface area (Å²) in [6.45, 7) is 1.29. The largest absolute Gasteiger partial charge is 0.337 e. The molecule has 0 radical (unpaired) electrons. The number of rotatable bonds is 3. The molecule has 7 heteroatoms. The lowest BCUT2D eigenvalue weighted by molar-refractivity contribution is 0.0726. The highest BCUT2D eigenvalue weighted by Gasteiger charge is 2.39. The number of fused-ring (bicyclic) bond motifs is 1. The third kappa shape index (κ3) is 2.96. The van der Waals surface area contributed by atoms with Gasteiger partial charge >= 0.3 is 0 Å². The third-order valence-corrected chi connectivity index (χ3v) is 7.37. The van der Waals surface area contributed by atoms with Crippen molar-refractivity contribution in [2.24, 2.45) is 0 Å². The van der Waals surface area contributed by atoms with Crippen molar-refractivity contribution in [2.45, 2.75) is 24.5 Å². The van der Waals surface area contributed by atoms with Crippen LogP contribution in [0.2, 0.25) is 0 Å². The predicted octanol–water partition coefficient (Wildman–Crippen LogP) is 2.08. The molecule has 136 valence electrons. The van der Waals surface area contributed by atoms with Crippen LogP contribution in [-0.2, 0) is 16.4 Å². The summed E-state index contributed by atoms with van der Waals surface area (Å²) >= 11 is 0. The summed E-state index contributed by atoms with van der Waals surface area (Å²) in [7, 11) is -3.50. The van der Waals surface area contributed by atoms with E-state index in [2.05, 4.69) is 4.98 Å². The van der Waals surface area contributed by atoms with Gasteiger partial charge in [-0.25, -0.2) is 8.42 Å². The molecule has 1 aromatic carbocycles. The maximum absolute atomic E-state index is 13.2. The first-order chi connectivity index (χ1) is 12.6. The molecule has 4 rings (SSSR count). The van der Waals surface area contributed by atoms with Crippen LogP contribution >= 0.6 is 0 Å². The summed E-state index contributed by atoms with van der Waals surface area (Å²) in [6.07, 6.45) is 5.14. The minimum Gasteiger partial charge on any atom is -0.337 e. The van der Waals surface area contributed by atoms with E-state index in [1.807, 2.05) is 24.3 Å². The van der Waals surface area contributed by atoms with E-state index in [4.69, 9.17) is 0 Å². The van der Waals surface area contributed by atoms with Gasteiger partial charge in [0.05, 0.1) is 16.5 Å². The molecule has 2 aliphatic rings. The number of pyridine rings is 1. The van der Waals surface area contributed by atoms with Crippen molar-refractivity contribution in [3.05, 3.63) is 59.9 Å². The molecule has 0 bridgehead atoms. The molecule has 1 fully saturated rings. The van der Waals surface area contributed by atoms with Crippen molar-refractivity contribution in [2.75, 3.05) is 23.9 Å². The highest BCUT2D eigenvalue weighted by atomic mass is 32.2. The molecule has 0 saturated carbocycles. The van der Waals surface area contributed by atoms with Gasteiger partial charge < -0.3 is 4.90 Å². The Labute approximate surface area is 153 Å². The van der Waals surface area contributed by atoms with E-state index in [-0.39, 0.29) is 12.5 Å². The topological polar surface area (TPSA) is 70.6 Å². The maximum Gasteiger partial charge on any atom is 0.255 e. The molecule has 1 atom stereocenters. The van der Waals surface area contributed by atoms with Gasteiger partial charge in [-0.2, -0.15) is 0 Å². The number of para-hydroxylation sites is 1. The molecule has 0 N–H and O–H groups in total. The molecular weight excluding hydrogens is 350 g/mol. The van der Waals surface area contributed by atoms with E-state index >= 15 is 0 Å². The van der Waals surface area contributed by atoms with Crippen molar-refractivity contribution in [3.8, 4) is 0 Å². The monoisotopic (exact) mass is 371 g/mol. The standard InChI is InChI=1S/C19H21N3O3S/c23-19(16-6-3-10-20-13-16)21-11-4-7-17(14-21)26(24,25)22-12-9-15-5-1-2-8-18(15)22/h1-3,5-6,8,10,13,17H,4,7,9,11-12,14H2. The van der Waals surface area contributed by atoms with E-state index < -0.39 is 15.3 Å². The van der Waals surface area contributed by atoms with Crippen LogP contribution in [0.5, 0.6) is 0 Å². The van der Waals surface area contributed by atoms with Crippen LogP contribution in [0.15, 0.2) is 48.8 Å². The van der Waals surface area contributed by atoms with Crippen molar-refractivity contribution in [1.29, 1.82) is 0 Å². The van der Waals surface area contributed by atoms with Gasteiger partial charge in [0.2, 0.25) is 10.0 Å². The van der Waals surface area contributed by atoms with Crippen LogP contribution in [-0.4, -0.2) is 49.1 Å². The predicted molar refractivity (Wildman–Crippen MR) is 99.6 cm³/mol. The number of amides is 1. The molecule has 6 nitrogen and oxygen atoms in total. The molecule has 2 aliphatic heterocycles. The number of hydrogen-bond acceptors (Lipinski definition) is 4. The number of anilines is 1. The van der Waals surface area contributed by atoms with Crippen molar-refractivity contribution >= 4 is 21.6 Å². The highest BCUT2D eigenvalue weighted by molar-refractivity contribution is 7.93. The first-order valence-corrected chi connectivity index (χ1v) is 10.4. The first-order valence-electron chi connectivity index (χ1n) is 8.86. The molecule has 1 amide bonds. The van der Waals surface area contributed by atoms with Crippen molar-refractivity contribution in [1.82, 2.24) is 9.88 Å². The summed E-state index contributed by atoms with van der Waals surface area (Å²) in [5.74, 6) is -0.153. The second-order valence-electron chi connectivity index (χ2n) is 6.75. The minimum absolute atomic E-state index is 0.153. The highest BCUT2D eigenvalue weighted by Crippen LogP contribution is 2.33. The van der Waals surface area contributed by atoms with Gasteiger partial charge in [-0.15, -0.1) is 0 Å². The summed E-state index contributed by atoms with van der Waals surface area (Å²) in [4.78, 5) is 18.3. The normalized spacial score (nSPS) is 20.1. The Morgan fingerprint density at radius 1 is 1.12 bits per heavy atom. The van der Waals surface area contributed by atoms with Crippen molar-refractivity contribution < 1.29 is 13.2 Å². The average Bonchev–Trinajstić information content (AvgIpc) is 3.13. The Morgan fingerprint density at radius 2 is 1.96 bits per heavy atom. The van der Waals surface area contributed by atoms with E-state index in [1.165, 1.54) is 10.5 Å². The Morgan fingerprint density at radius 3 is 2.77 bits per heavy atom. The van der Waals surface area contributed by atoms with Gasteiger partial charge in [-0.3, -0.25) is 14.1 Å². The number of hydrogen-bond donors (Lipinski definition) is 0. The zero-order valence-electron chi connectivity index (χ0n) is 14.4. The smallest absolute Gasteiger partial charge is 0.255 e. The summed E-state index contributed by atoms with van der Waals surface area (Å²) < 4.78 is 28.0. The molecule has 1 unspecified atom stereocenters. The lowest BCUT2D eigenvalue weighted by Gasteiger charge is -2.35. The van der Waals surface area contributed by atoms with Crippen molar-refractivity contribution in [3.63, 3.8) is 0 Å². The molecule has 0 aliphatic carbocycles. The van der Waals surface area contributed by atoms with Crippen LogP contribution in [0, 0.1) is 0 Å². The van der Waals surface area contributed by atoms with Crippen LogP contribution < -0.4 is 4.31 Å². The minimum atomic E-state index is -3.50. The third-order valence-electron chi connectivity index (χ3n) is 5.15. The number of sulfonamides is 1. The quantitative estimate of drug-likeness (QED) is 0.828. The van der Waals surface area contributed by atoms with Gasteiger partial charge in [-0.1, -0.05) is 18.2 Å². The lowest BCUT2D eigenvalue weighted by atomic mass is 10.1. The van der Waals surface area contributed by atoms with Gasteiger partial charge in [0, 0.05) is 32.0 Å². The van der Waals surface area contributed by atoms with E-state index in [9.17, 15) is 13.2 Å². The lowest BCUT2D eigenvalue weighted by Crippen LogP contribution is -2.49. The van der Waals surface area contributed by atoms with Crippen LogP contribution in [0.1, 0.15) is 28.8 Å². The maximum atomic E-state index is 13.2.